The molecule has 0 bridgehead atoms. The molecule has 0 aliphatic heterocycles. The fourth-order valence-corrected chi connectivity index (χ4v) is 5.00. The van der Waals surface area contributed by atoms with Crippen LogP contribution in [0.1, 0.15) is 28.2 Å². The van der Waals surface area contributed by atoms with Gasteiger partial charge in [0.2, 0.25) is 0 Å². The number of rotatable bonds is 3. The maximum atomic E-state index is 3.57. The molecule has 0 N–H and O–H groups in total. The summed E-state index contributed by atoms with van der Waals surface area (Å²) in [6.45, 7) is 0. The Hall–Kier alpha value is -3.90. The molecule has 4 aromatic rings. The highest BCUT2D eigenvalue weighted by molar-refractivity contribution is 5.90. The Morgan fingerprint density at radius 3 is 2.03 bits per heavy atom. The van der Waals surface area contributed by atoms with Crippen molar-refractivity contribution in [2.24, 2.45) is 0 Å². The summed E-state index contributed by atoms with van der Waals surface area (Å²) in [5.41, 5.74) is 11.7. The van der Waals surface area contributed by atoms with Crippen molar-refractivity contribution in [2.45, 2.75) is 5.92 Å². The van der Waals surface area contributed by atoms with Crippen LogP contribution in [0.25, 0.3) is 16.7 Å². The van der Waals surface area contributed by atoms with Gasteiger partial charge in [-0.1, -0.05) is 121 Å². The van der Waals surface area contributed by atoms with Crippen molar-refractivity contribution in [2.75, 3.05) is 0 Å². The van der Waals surface area contributed by atoms with E-state index in [9.17, 15) is 0 Å². The summed E-state index contributed by atoms with van der Waals surface area (Å²) < 4.78 is 0. The van der Waals surface area contributed by atoms with E-state index in [0.717, 1.165) is 0 Å². The summed E-state index contributed by atoms with van der Waals surface area (Å²) in [6, 6.07) is 40.2. The van der Waals surface area contributed by atoms with Gasteiger partial charge in [0.05, 0.1) is 0 Å². The van der Waals surface area contributed by atoms with Crippen LogP contribution in [0.15, 0.2) is 133 Å². The largest absolute Gasteiger partial charge is 0.0622 e. The van der Waals surface area contributed by atoms with E-state index >= 15 is 0 Å². The van der Waals surface area contributed by atoms with Gasteiger partial charge in [0.25, 0.3) is 0 Å². The molecule has 0 heteroatoms. The van der Waals surface area contributed by atoms with Gasteiger partial charge < -0.3 is 0 Å². The molecule has 0 fully saturated rings. The molecule has 6 rings (SSSR count). The molecule has 1 radical (unpaired) electrons. The number of benzene rings is 4. The first kappa shape index (κ1) is 17.9. The van der Waals surface area contributed by atoms with Crippen LogP contribution in [0.3, 0.4) is 0 Å². The molecule has 0 spiro atoms. The van der Waals surface area contributed by atoms with Gasteiger partial charge in [-0.15, -0.1) is 0 Å². The van der Waals surface area contributed by atoms with Crippen LogP contribution in [0, 0.1) is 6.07 Å². The van der Waals surface area contributed by atoms with Crippen molar-refractivity contribution < 1.29 is 0 Å². The van der Waals surface area contributed by atoms with Crippen LogP contribution in [0.2, 0.25) is 0 Å². The summed E-state index contributed by atoms with van der Waals surface area (Å²) in [5.74, 6) is 0.194. The summed E-state index contributed by atoms with van der Waals surface area (Å²) in [5, 5.41) is 0. The number of allylic oxidation sites excluding steroid dienone is 5. The average Bonchev–Trinajstić information content (AvgIpc) is 3.43. The van der Waals surface area contributed by atoms with Crippen molar-refractivity contribution in [1.29, 1.82) is 0 Å². The Balaban J connectivity index is 1.60. The first-order valence-corrected chi connectivity index (χ1v) is 10.8. The highest BCUT2D eigenvalue weighted by Gasteiger charge is 2.33. The number of fused-ring (bicyclic) bond motifs is 3. The second-order valence-electron chi connectivity index (χ2n) is 8.02. The Morgan fingerprint density at radius 2 is 1.29 bits per heavy atom. The van der Waals surface area contributed by atoms with Crippen LogP contribution in [-0.4, -0.2) is 0 Å². The molecule has 0 heterocycles. The zero-order chi connectivity index (χ0) is 20.6. The monoisotopic (exact) mass is 393 g/mol. The highest BCUT2D eigenvalue weighted by Crippen LogP contribution is 2.51. The van der Waals surface area contributed by atoms with E-state index in [4.69, 9.17) is 0 Å². The third-order valence-electron chi connectivity index (χ3n) is 6.29. The van der Waals surface area contributed by atoms with E-state index in [1.54, 1.807) is 0 Å². The second-order valence-corrected chi connectivity index (χ2v) is 8.02. The van der Waals surface area contributed by atoms with E-state index in [2.05, 4.69) is 121 Å². The first-order chi connectivity index (χ1) is 15.4. The number of hydrogen-bond acceptors (Lipinski definition) is 0. The standard InChI is InChI=1S/C31H21/c1-3-12-22(13-4-1)30(23-14-5-2-6-15-23)28-20-11-21-29(28)31-26-18-9-7-16-24(26)25-17-8-10-19-27(25)31/h1-18,20-21,31H. The third-order valence-corrected chi connectivity index (χ3v) is 6.29. The lowest BCUT2D eigenvalue weighted by Crippen LogP contribution is -2.04. The zero-order valence-electron chi connectivity index (χ0n) is 17.1. The molecule has 4 aromatic carbocycles. The van der Waals surface area contributed by atoms with Crippen LogP contribution >= 0.6 is 0 Å². The van der Waals surface area contributed by atoms with Crippen molar-refractivity contribution >= 4 is 5.57 Å². The van der Waals surface area contributed by atoms with Gasteiger partial charge >= 0.3 is 0 Å². The molecule has 1 atom stereocenters. The van der Waals surface area contributed by atoms with Crippen LogP contribution in [0.5, 0.6) is 0 Å². The van der Waals surface area contributed by atoms with Crippen molar-refractivity contribution in [1.82, 2.24) is 0 Å². The molecule has 145 valence electrons. The lowest BCUT2D eigenvalue weighted by Gasteiger charge is -2.21. The topological polar surface area (TPSA) is 0 Å². The van der Waals surface area contributed by atoms with Crippen LogP contribution in [-0.2, 0) is 0 Å². The maximum absolute atomic E-state index is 3.57. The van der Waals surface area contributed by atoms with E-state index in [1.807, 2.05) is 6.07 Å². The Morgan fingerprint density at radius 1 is 0.645 bits per heavy atom. The molecule has 2 aliphatic rings. The van der Waals surface area contributed by atoms with Gasteiger partial charge in [0, 0.05) is 5.92 Å². The van der Waals surface area contributed by atoms with E-state index in [0.29, 0.717) is 0 Å². The molecule has 1 unspecified atom stereocenters. The van der Waals surface area contributed by atoms with Crippen LogP contribution in [0.4, 0.5) is 0 Å². The molecule has 31 heavy (non-hydrogen) atoms. The molecule has 0 amide bonds. The molecule has 0 aromatic heterocycles. The minimum Gasteiger partial charge on any atom is -0.0622 e. The van der Waals surface area contributed by atoms with Gasteiger partial charge in [0.15, 0.2) is 0 Å². The summed E-state index contributed by atoms with van der Waals surface area (Å²) in [4.78, 5) is 0. The maximum Gasteiger partial charge on any atom is 0.0364 e. The first-order valence-electron chi connectivity index (χ1n) is 10.8. The third kappa shape index (κ3) is 2.92. The van der Waals surface area contributed by atoms with Crippen molar-refractivity contribution in [3.8, 4) is 11.1 Å². The van der Waals surface area contributed by atoms with E-state index in [1.165, 1.54) is 50.1 Å². The fraction of sp³-hybridized carbons (Fsp3) is 0.0323. The zero-order valence-corrected chi connectivity index (χ0v) is 17.1. The molecule has 0 nitrogen and oxygen atoms in total. The molecule has 2 aliphatic carbocycles. The predicted molar refractivity (Wildman–Crippen MR) is 129 cm³/mol. The minimum atomic E-state index is 0.194. The normalized spacial score (nSPS) is 14.3. The molecule has 0 saturated heterocycles. The van der Waals surface area contributed by atoms with E-state index < -0.39 is 0 Å². The van der Waals surface area contributed by atoms with Gasteiger partial charge in [-0.05, 0) is 56.2 Å². The fourth-order valence-electron chi connectivity index (χ4n) is 5.00. The van der Waals surface area contributed by atoms with Gasteiger partial charge in [-0.3, -0.25) is 0 Å². The predicted octanol–water partition coefficient (Wildman–Crippen LogP) is 7.60. The lowest BCUT2D eigenvalue weighted by atomic mass is 9.82. The molecular formula is C31H21. The van der Waals surface area contributed by atoms with Gasteiger partial charge in [0.1, 0.15) is 0 Å². The number of hydrogen-bond donors (Lipinski definition) is 0. The minimum absolute atomic E-state index is 0.194. The summed E-state index contributed by atoms with van der Waals surface area (Å²) in [6.07, 6.45) is 6.76. The smallest absolute Gasteiger partial charge is 0.0364 e. The van der Waals surface area contributed by atoms with Crippen molar-refractivity contribution in [3.05, 3.63) is 161 Å². The van der Waals surface area contributed by atoms with Crippen LogP contribution < -0.4 is 0 Å². The average molecular weight is 394 g/mol. The van der Waals surface area contributed by atoms with Gasteiger partial charge in [-0.25, -0.2) is 0 Å². The molecular weight excluding hydrogens is 372 g/mol. The van der Waals surface area contributed by atoms with Gasteiger partial charge in [-0.2, -0.15) is 0 Å². The highest BCUT2D eigenvalue weighted by atomic mass is 14.4. The van der Waals surface area contributed by atoms with E-state index in [-0.39, 0.29) is 5.92 Å². The quantitative estimate of drug-likeness (QED) is 0.336. The Kier molecular flexibility index (Phi) is 4.28. The SMILES string of the molecule is [c]1cccc2c1C(C1=CC=CC1=C(c1ccccc1)c1ccccc1)c1ccccc1-2. The Bertz CT molecular complexity index is 1260. The van der Waals surface area contributed by atoms with Crippen molar-refractivity contribution in [3.63, 3.8) is 0 Å². The second kappa shape index (κ2) is 7.41. The Labute approximate surface area is 183 Å². The molecule has 0 saturated carbocycles. The lowest BCUT2D eigenvalue weighted by molar-refractivity contribution is 1.00. The summed E-state index contributed by atoms with van der Waals surface area (Å²) >= 11 is 0. The summed E-state index contributed by atoms with van der Waals surface area (Å²) in [7, 11) is 0.